The van der Waals surface area contributed by atoms with Crippen LogP contribution in [0.1, 0.15) is 12.0 Å². The van der Waals surface area contributed by atoms with Crippen LogP contribution >= 0.6 is 22.6 Å². The van der Waals surface area contributed by atoms with Gasteiger partial charge < -0.3 is 5.11 Å². The van der Waals surface area contributed by atoms with Crippen molar-refractivity contribution < 1.29 is 18.3 Å². The van der Waals surface area contributed by atoms with Crippen LogP contribution in [0, 0.1) is 10.5 Å². The summed E-state index contributed by atoms with van der Waals surface area (Å²) < 4.78 is 26.2. The van der Waals surface area contributed by atoms with E-state index in [1.807, 2.05) is 6.92 Å². The Balaban J connectivity index is 2.98. The summed E-state index contributed by atoms with van der Waals surface area (Å²) in [5.74, 6) is -1.02. The highest BCUT2D eigenvalue weighted by Gasteiger charge is 2.21. The van der Waals surface area contributed by atoms with Gasteiger partial charge in [-0.3, -0.25) is 4.79 Å². The van der Waals surface area contributed by atoms with E-state index in [0.29, 0.717) is 0 Å². The van der Waals surface area contributed by atoms with Crippen molar-refractivity contribution >= 4 is 38.6 Å². The van der Waals surface area contributed by atoms with E-state index >= 15 is 0 Å². The molecule has 0 aliphatic heterocycles. The van der Waals surface area contributed by atoms with Gasteiger partial charge in [0.25, 0.3) is 0 Å². The third-order valence-electron chi connectivity index (χ3n) is 2.49. The molecule has 0 saturated carbocycles. The quantitative estimate of drug-likeness (QED) is 0.786. The molecule has 7 heteroatoms. The van der Waals surface area contributed by atoms with Gasteiger partial charge in [-0.2, -0.15) is 0 Å². The molecule has 1 N–H and O–H groups in total. The minimum Gasteiger partial charge on any atom is -0.481 e. The second-order valence-electron chi connectivity index (χ2n) is 3.88. The van der Waals surface area contributed by atoms with Crippen molar-refractivity contribution in [2.45, 2.75) is 18.2 Å². The van der Waals surface area contributed by atoms with Crippen LogP contribution in [0.5, 0.6) is 0 Å². The topological polar surface area (TPSA) is 74.7 Å². The zero-order chi connectivity index (χ0) is 13.9. The Labute approximate surface area is 120 Å². The number of hydrogen-bond acceptors (Lipinski definition) is 3. The third kappa shape index (κ3) is 3.66. The Hall–Kier alpha value is -0.670. The summed E-state index contributed by atoms with van der Waals surface area (Å²) >= 11 is 2.07. The molecule has 100 valence electrons. The first-order valence-electron chi connectivity index (χ1n) is 5.19. The number of halogens is 1. The summed E-state index contributed by atoms with van der Waals surface area (Å²) in [5.41, 5.74) is 1.00. The maximum atomic E-state index is 12.1. The minimum absolute atomic E-state index is 0.0396. The first-order chi connectivity index (χ1) is 8.25. The molecule has 1 aromatic rings. The van der Waals surface area contributed by atoms with E-state index in [-0.39, 0.29) is 17.9 Å². The summed E-state index contributed by atoms with van der Waals surface area (Å²) in [4.78, 5) is 10.6. The molecule has 5 nitrogen and oxygen atoms in total. The highest BCUT2D eigenvalue weighted by Crippen LogP contribution is 2.20. The lowest BCUT2D eigenvalue weighted by Gasteiger charge is -2.16. The molecule has 1 aromatic carbocycles. The molecule has 0 radical (unpaired) electrons. The van der Waals surface area contributed by atoms with Crippen LogP contribution in [-0.4, -0.2) is 37.4 Å². The van der Waals surface area contributed by atoms with Gasteiger partial charge in [0.15, 0.2) is 0 Å². The van der Waals surface area contributed by atoms with Gasteiger partial charge >= 0.3 is 5.97 Å². The SMILES string of the molecule is Cc1ccc(S(=O)(=O)N(C)CCC(=O)O)cc1I. The molecule has 0 saturated heterocycles. The highest BCUT2D eigenvalue weighted by molar-refractivity contribution is 14.1. The summed E-state index contributed by atoms with van der Waals surface area (Å²) in [7, 11) is -2.23. The largest absolute Gasteiger partial charge is 0.481 e. The van der Waals surface area contributed by atoms with E-state index in [2.05, 4.69) is 22.6 Å². The maximum Gasteiger partial charge on any atom is 0.304 e. The Bertz CT molecular complexity index is 556. The van der Waals surface area contributed by atoms with E-state index in [1.165, 1.54) is 13.1 Å². The zero-order valence-corrected chi connectivity index (χ0v) is 13.0. The minimum atomic E-state index is -3.61. The number of aliphatic carboxylic acids is 1. The predicted molar refractivity (Wildman–Crippen MR) is 76.0 cm³/mol. The molecule has 18 heavy (non-hydrogen) atoms. The molecule has 0 aliphatic carbocycles. The van der Waals surface area contributed by atoms with Crippen LogP contribution in [0.15, 0.2) is 23.1 Å². The van der Waals surface area contributed by atoms with Crippen LogP contribution in [0.2, 0.25) is 0 Å². The second kappa shape index (κ2) is 5.98. The summed E-state index contributed by atoms with van der Waals surface area (Å²) in [5, 5.41) is 8.56. The van der Waals surface area contributed by atoms with Crippen molar-refractivity contribution in [1.82, 2.24) is 4.31 Å². The fourth-order valence-electron chi connectivity index (χ4n) is 1.29. The zero-order valence-electron chi connectivity index (χ0n) is 10.1. The number of nitrogens with zero attached hydrogens (tertiary/aromatic N) is 1. The molecule has 0 unspecified atom stereocenters. The van der Waals surface area contributed by atoms with Gasteiger partial charge in [0.1, 0.15) is 0 Å². The second-order valence-corrected chi connectivity index (χ2v) is 7.09. The maximum absolute atomic E-state index is 12.1. The van der Waals surface area contributed by atoms with Gasteiger partial charge in [0.05, 0.1) is 11.3 Å². The Morgan fingerprint density at radius 3 is 2.56 bits per heavy atom. The van der Waals surface area contributed by atoms with Crippen molar-refractivity contribution in [1.29, 1.82) is 0 Å². The van der Waals surface area contributed by atoms with E-state index in [4.69, 9.17) is 5.11 Å². The Morgan fingerprint density at radius 2 is 2.06 bits per heavy atom. The van der Waals surface area contributed by atoms with E-state index in [9.17, 15) is 13.2 Å². The standard InChI is InChI=1S/C11H14INO4S/c1-8-3-4-9(7-10(8)12)18(16,17)13(2)6-5-11(14)15/h3-4,7H,5-6H2,1-2H3,(H,14,15). The van der Waals surface area contributed by atoms with E-state index in [1.54, 1.807) is 12.1 Å². The molecule has 0 amide bonds. The number of rotatable bonds is 5. The van der Waals surface area contributed by atoms with Crippen LogP contribution in [0.4, 0.5) is 0 Å². The van der Waals surface area contributed by atoms with Gasteiger partial charge in [0, 0.05) is 17.2 Å². The van der Waals surface area contributed by atoms with Gasteiger partial charge in [-0.05, 0) is 47.2 Å². The average molecular weight is 383 g/mol. The van der Waals surface area contributed by atoms with Crippen molar-refractivity contribution in [3.8, 4) is 0 Å². The molecule has 0 spiro atoms. The molecule has 0 heterocycles. The summed E-state index contributed by atoms with van der Waals surface area (Å²) in [6.45, 7) is 1.86. The first-order valence-corrected chi connectivity index (χ1v) is 7.71. The van der Waals surface area contributed by atoms with E-state index < -0.39 is 16.0 Å². The molecule has 0 atom stereocenters. The molecule has 0 aromatic heterocycles. The first kappa shape index (κ1) is 15.4. The van der Waals surface area contributed by atoms with Crippen LogP contribution in [0.3, 0.4) is 0 Å². The third-order valence-corrected chi connectivity index (χ3v) is 5.51. The number of carboxylic acid groups (broad SMARTS) is 1. The summed E-state index contributed by atoms with van der Waals surface area (Å²) in [6, 6.07) is 4.85. The van der Waals surface area contributed by atoms with Gasteiger partial charge in [-0.1, -0.05) is 6.07 Å². The average Bonchev–Trinajstić information content (AvgIpc) is 2.29. The molecule has 0 aliphatic rings. The number of carboxylic acids is 1. The Kier molecular flexibility index (Phi) is 5.11. The van der Waals surface area contributed by atoms with Crippen molar-refractivity contribution in [2.24, 2.45) is 0 Å². The van der Waals surface area contributed by atoms with Crippen molar-refractivity contribution in [3.63, 3.8) is 0 Å². The molecule has 1 rings (SSSR count). The molecule has 0 bridgehead atoms. The lowest BCUT2D eigenvalue weighted by Crippen LogP contribution is -2.29. The van der Waals surface area contributed by atoms with Crippen molar-refractivity contribution in [3.05, 3.63) is 27.3 Å². The van der Waals surface area contributed by atoms with Gasteiger partial charge in [0.2, 0.25) is 10.0 Å². The lowest BCUT2D eigenvalue weighted by molar-refractivity contribution is -0.137. The normalized spacial score (nSPS) is 11.8. The predicted octanol–water partition coefficient (Wildman–Crippen LogP) is 1.69. The number of benzene rings is 1. The molecule has 0 fully saturated rings. The van der Waals surface area contributed by atoms with Crippen LogP contribution < -0.4 is 0 Å². The van der Waals surface area contributed by atoms with Crippen molar-refractivity contribution in [2.75, 3.05) is 13.6 Å². The van der Waals surface area contributed by atoms with Gasteiger partial charge in [-0.25, -0.2) is 12.7 Å². The molecular formula is C11H14INO4S. The number of sulfonamides is 1. The van der Waals surface area contributed by atoms with Crippen LogP contribution in [-0.2, 0) is 14.8 Å². The number of carbonyl (C=O) groups is 1. The fourth-order valence-corrected chi connectivity index (χ4v) is 3.21. The monoisotopic (exact) mass is 383 g/mol. The summed E-state index contributed by atoms with van der Waals surface area (Å²) in [6.07, 6.45) is -0.210. The van der Waals surface area contributed by atoms with Gasteiger partial charge in [-0.15, -0.1) is 0 Å². The Morgan fingerprint density at radius 1 is 1.44 bits per heavy atom. The molecular weight excluding hydrogens is 369 g/mol. The number of aryl methyl sites for hydroxylation is 1. The fraction of sp³-hybridized carbons (Fsp3) is 0.364. The van der Waals surface area contributed by atoms with E-state index in [0.717, 1.165) is 13.4 Å². The lowest BCUT2D eigenvalue weighted by atomic mass is 10.2. The van der Waals surface area contributed by atoms with Crippen LogP contribution in [0.25, 0.3) is 0 Å². The highest BCUT2D eigenvalue weighted by atomic mass is 127. The smallest absolute Gasteiger partial charge is 0.304 e. The number of hydrogen-bond donors (Lipinski definition) is 1.